The third-order valence-corrected chi connectivity index (χ3v) is 4.85. The maximum Gasteiger partial charge on any atom is 0.144 e. The van der Waals surface area contributed by atoms with Crippen LogP contribution in [0.2, 0.25) is 0 Å². The van der Waals surface area contributed by atoms with Gasteiger partial charge in [0.25, 0.3) is 0 Å². The molecular formula is C17H21N3O. The zero-order chi connectivity index (χ0) is 14.7. The van der Waals surface area contributed by atoms with Crippen LogP contribution in [0, 0.1) is 17.2 Å². The Balaban J connectivity index is 1.78. The second-order valence-corrected chi connectivity index (χ2v) is 6.12. The lowest BCUT2D eigenvalue weighted by atomic mass is 9.88. The average Bonchev–Trinajstić information content (AvgIpc) is 2.94. The van der Waals surface area contributed by atoms with Crippen molar-refractivity contribution < 1.29 is 4.79 Å². The zero-order valence-corrected chi connectivity index (χ0v) is 12.3. The maximum absolute atomic E-state index is 12.1. The minimum Gasteiger partial charge on any atom is -0.299 e. The summed E-state index contributed by atoms with van der Waals surface area (Å²) in [6.07, 6.45) is 8.01. The Morgan fingerprint density at radius 1 is 1.33 bits per heavy atom. The van der Waals surface area contributed by atoms with E-state index < -0.39 is 0 Å². The summed E-state index contributed by atoms with van der Waals surface area (Å²) in [6, 6.07) is 6.40. The Morgan fingerprint density at radius 2 is 2.24 bits per heavy atom. The number of hydrogen-bond acceptors (Lipinski definition) is 4. The van der Waals surface area contributed by atoms with Gasteiger partial charge in [0, 0.05) is 36.7 Å². The molecule has 0 bridgehead atoms. The van der Waals surface area contributed by atoms with E-state index in [1.54, 1.807) is 6.20 Å². The number of piperidine rings is 1. The number of hydrogen-bond donors (Lipinski definition) is 0. The summed E-state index contributed by atoms with van der Waals surface area (Å²) < 4.78 is 0. The van der Waals surface area contributed by atoms with Crippen LogP contribution in [0.3, 0.4) is 0 Å². The van der Waals surface area contributed by atoms with Crippen LogP contribution in [-0.2, 0) is 11.3 Å². The predicted octanol–water partition coefficient (Wildman–Crippen LogP) is 2.68. The molecule has 4 heteroatoms. The number of ketones is 1. The Morgan fingerprint density at radius 3 is 3.00 bits per heavy atom. The fraction of sp³-hybridized carbons (Fsp3) is 0.588. The Hall–Kier alpha value is -1.73. The molecule has 0 spiro atoms. The summed E-state index contributed by atoms with van der Waals surface area (Å²) >= 11 is 0. The second-order valence-electron chi connectivity index (χ2n) is 6.12. The van der Waals surface area contributed by atoms with Crippen molar-refractivity contribution in [2.45, 2.75) is 51.1 Å². The second kappa shape index (κ2) is 6.36. The smallest absolute Gasteiger partial charge is 0.144 e. The molecule has 1 aromatic rings. The number of rotatable bonds is 3. The molecule has 0 radical (unpaired) electrons. The molecule has 2 unspecified atom stereocenters. The maximum atomic E-state index is 12.1. The minimum absolute atomic E-state index is 0.215. The Kier molecular flexibility index (Phi) is 4.31. The van der Waals surface area contributed by atoms with E-state index in [-0.39, 0.29) is 5.92 Å². The van der Waals surface area contributed by atoms with Gasteiger partial charge < -0.3 is 0 Å². The van der Waals surface area contributed by atoms with Gasteiger partial charge in [-0.1, -0.05) is 12.5 Å². The van der Waals surface area contributed by atoms with Crippen molar-refractivity contribution in [1.82, 2.24) is 9.88 Å². The van der Waals surface area contributed by atoms with E-state index in [4.69, 9.17) is 0 Å². The van der Waals surface area contributed by atoms with E-state index in [0.29, 0.717) is 17.5 Å². The molecular weight excluding hydrogens is 262 g/mol. The van der Waals surface area contributed by atoms with Gasteiger partial charge in [0.2, 0.25) is 0 Å². The number of likely N-dealkylation sites (tertiary alicyclic amines) is 1. The Bertz CT molecular complexity index is 563. The SMILES string of the molecule is N#Cc1ncccc1CN1CCCCC1C1CCCC1=O. The van der Waals surface area contributed by atoms with Crippen LogP contribution in [-0.4, -0.2) is 28.3 Å². The molecule has 2 aliphatic rings. The molecule has 3 rings (SSSR count). The fourth-order valence-corrected chi connectivity index (χ4v) is 3.80. The van der Waals surface area contributed by atoms with Crippen molar-refractivity contribution in [2.24, 2.45) is 5.92 Å². The quantitative estimate of drug-likeness (QED) is 0.855. The van der Waals surface area contributed by atoms with Crippen molar-refractivity contribution in [3.63, 3.8) is 0 Å². The van der Waals surface area contributed by atoms with Crippen LogP contribution < -0.4 is 0 Å². The van der Waals surface area contributed by atoms with E-state index in [9.17, 15) is 10.1 Å². The average molecular weight is 283 g/mol. The summed E-state index contributed by atoms with van der Waals surface area (Å²) in [6.45, 7) is 1.76. The van der Waals surface area contributed by atoms with E-state index >= 15 is 0 Å². The van der Waals surface area contributed by atoms with Gasteiger partial charge in [-0.2, -0.15) is 5.26 Å². The van der Waals surface area contributed by atoms with Gasteiger partial charge in [0.1, 0.15) is 17.5 Å². The topological polar surface area (TPSA) is 57.0 Å². The number of pyridine rings is 1. The lowest BCUT2D eigenvalue weighted by molar-refractivity contribution is -0.123. The van der Waals surface area contributed by atoms with Crippen LogP contribution in [0.25, 0.3) is 0 Å². The normalized spacial score (nSPS) is 26.7. The summed E-state index contributed by atoms with van der Waals surface area (Å²) in [4.78, 5) is 18.7. The molecule has 0 N–H and O–H groups in total. The van der Waals surface area contributed by atoms with E-state index in [1.807, 2.05) is 12.1 Å². The number of nitriles is 1. The van der Waals surface area contributed by atoms with Gasteiger partial charge in [-0.05, 0) is 38.3 Å². The highest BCUT2D eigenvalue weighted by atomic mass is 16.1. The number of Topliss-reactive ketones (excluding diaryl/α,β-unsaturated/α-hetero) is 1. The van der Waals surface area contributed by atoms with E-state index in [2.05, 4.69) is 16.0 Å². The van der Waals surface area contributed by atoms with Crippen LogP contribution >= 0.6 is 0 Å². The first-order chi connectivity index (χ1) is 10.3. The van der Waals surface area contributed by atoms with E-state index in [1.165, 1.54) is 12.8 Å². The molecule has 0 amide bonds. The van der Waals surface area contributed by atoms with Crippen molar-refractivity contribution in [2.75, 3.05) is 6.54 Å². The van der Waals surface area contributed by atoms with Crippen LogP contribution in [0.5, 0.6) is 0 Å². The third-order valence-electron chi connectivity index (χ3n) is 4.85. The molecule has 1 aliphatic carbocycles. The van der Waals surface area contributed by atoms with Gasteiger partial charge in [0.05, 0.1) is 0 Å². The third kappa shape index (κ3) is 2.98. The number of carbonyl (C=O) groups excluding carboxylic acids is 1. The fourth-order valence-electron chi connectivity index (χ4n) is 3.80. The summed E-state index contributed by atoms with van der Waals surface area (Å²) in [5, 5.41) is 9.18. The van der Waals surface area contributed by atoms with Gasteiger partial charge in [-0.25, -0.2) is 4.98 Å². The largest absolute Gasteiger partial charge is 0.299 e. The molecule has 1 aliphatic heterocycles. The number of carbonyl (C=O) groups is 1. The summed E-state index contributed by atoms with van der Waals surface area (Å²) in [5.41, 5.74) is 1.50. The molecule has 1 saturated heterocycles. The van der Waals surface area contributed by atoms with Crippen molar-refractivity contribution >= 4 is 5.78 Å². The molecule has 110 valence electrons. The molecule has 21 heavy (non-hydrogen) atoms. The summed E-state index contributed by atoms with van der Waals surface area (Å²) in [7, 11) is 0. The van der Waals surface area contributed by atoms with Crippen LogP contribution in [0.15, 0.2) is 18.3 Å². The lowest BCUT2D eigenvalue weighted by Gasteiger charge is -2.38. The minimum atomic E-state index is 0.215. The molecule has 1 aromatic heterocycles. The highest BCUT2D eigenvalue weighted by molar-refractivity contribution is 5.83. The van der Waals surface area contributed by atoms with Crippen molar-refractivity contribution in [3.8, 4) is 6.07 Å². The summed E-state index contributed by atoms with van der Waals surface area (Å²) in [5.74, 6) is 0.658. The molecule has 2 heterocycles. The molecule has 4 nitrogen and oxygen atoms in total. The van der Waals surface area contributed by atoms with E-state index in [0.717, 1.165) is 44.3 Å². The highest BCUT2D eigenvalue weighted by Crippen LogP contribution is 2.33. The Labute approximate surface area is 125 Å². The van der Waals surface area contributed by atoms with Crippen LogP contribution in [0.1, 0.15) is 49.8 Å². The number of nitrogens with zero attached hydrogens (tertiary/aromatic N) is 3. The zero-order valence-electron chi connectivity index (χ0n) is 12.3. The standard InChI is InChI=1S/C17H21N3O/c18-11-15-13(5-4-9-19-15)12-20-10-2-1-7-16(20)14-6-3-8-17(14)21/h4-5,9,14,16H,1-3,6-8,10,12H2. The van der Waals surface area contributed by atoms with Gasteiger partial charge in [-0.15, -0.1) is 0 Å². The molecule has 0 aromatic carbocycles. The lowest BCUT2D eigenvalue weighted by Crippen LogP contribution is -2.45. The first-order valence-electron chi connectivity index (χ1n) is 7.90. The predicted molar refractivity (Wildman–Crippen MR) is 79.3 cm³/mol. The van der Waals surface area contributed by atoms with Crippen molar-refractivity contribution in [3.05, 3.63) is 29.6 Å². The molecule has 1 saturated carbocycles. The van der Waals surface area contributed by atoms with Gasteiger partial charge in [0.15, 0.2) is 0 Å². The van der Waals surface area contributed by atoms with Crippen molar-refractivity contribution in [1.29, 1.82) is 5.26 Å². The first kappa shape index (κ1) is 14.2. The molecule has 2 fully saturated rings. The van der Waals surface area contributed by atoms with Gasteiger partial charge in [-0.3, -0.25) is 9.69 Å². The molecule has 2 atom stereocenters. The van der Waals surface area contributed by atoms with Gasteiger partial charge >= 0.3 is 0 Å². The van der Waals surface area contributed by atoms with Crippen LogP contribution in [0.4, 0.5) is 0 Å². The number of aromatic nitrogens is 1. The first-order valence-corrected chi connectivity index (χ1v) is 7.90. The monoisotopic (exact) mass is 283 g/mol. The highest BCUT2D eigenvalue weighted by Gasteiger charge is 2.36.